The van der Waals surface area contributed by atoms with Crippen molar-refractivity contribution in [1.82, 2.24) is 0 Å². The fraction of sp³-hybridized carbons (Fsp3) is 0. The van der Waals surface area contributed by atoms with Gasteiger partial charge in [-0.3, -0.25) is 0 Å². The Bertz CT molecular complexity index is 3570. The molecule has 0 aliphatic rings. The number of rotatable bonds is 7. The zero-order chi connectivity index (χ0) is 40.3. The lowest BCUT2D eigenvalue weighted by Gasteiger charge is -2.28. The molecule has 12 rings (SSSR count). The minimum Gasteiger partial charge on any atom is -0.456 e. The lowest BCUT2D eigenvalue weighted by atomic mass is 9.96. The van der Waals surface area contributed by atoms with Gasteiger partial charge in [-0.05, 0) is 98.8 Å². The van der Waals surface area contributed by atoms with Gasteiger partial charge in [0.05, 0.1) is 5.69 Å². The van der Waals surface area contributed by atoms with Crippen molar-refractivity contribution >= 4 is 71.7 Å². The molecule has 0 atom stereocenters. The lowest BCUT2D eigenvalue weighted by Crippen LogP contribution is -2.11. The maximum Gasteiger partial charge on any atom is 0.143 e. The molecule has 0 saturated carbocycles. The molecule has 0 spiro atoms. The van der Waals surface area contributed by atoms with Crippen LogP contribution in [0.4, 0.5) is 17.1 Å². The summed E-state index contributed by atoms with van der Waals surface area (Å²) >= 11 is 0. The number of hydrogen-bond acceptors (Lipinski definition) is 3. The van der Waals surface area contributed by atoms with Crippen LogP contribution in [0.1, 0.15) is 0 Å². The summed E-state index contributed by atoms with van der Waals surface area (Å²) in [6.07, 6.45) is 0. The highest BCUT2D eigenvalue weighted by Gasteiger charge is 2.20. The van der Waals surface area contributed by atoms with Crippen LogP contribution in [-0.2, 0) is 0 Å². The molecule has 0 radical (unpaired) electrons. The summed E-state index contributed by atoms with van der Waals surface area (Å²) in [5, 5.41) is 7.00. The van der Waals surface area contributed by atoms with Crippen molar-refractivity contribution in [2.75, 3.05) is 4.90 Å². The Labute approximate surface area is 353 Å². The third-order valence-corrected chi connectivity index (χ3v) is 12.1. The van der Waals surface area contributed by atoms with Gasteiger partial charge in [0.1, 0.15) is 22.3 Å². The molecule has 0 aliphatic heterocycles. The molecule has 0 saturated heterocycles. The van der Waals surface area contributed by atoms with Crippen LogP contribution in [-0.4, -0.2) is 0 Å². The Morgan fingerprint density at radius 2 is 0.754 bits per heavy atom. The predicted molar refractivity (Wildman–Crippen MR) is 255 cm³/mol. The first-order valence-corrected chi connectivity index (χ1v) is 20.7. The van der Waals surface area contributed by atoms with Crippen molar-refractivity contribution in [3.8, 4) is 44.5 Å². The van der Waals surface area contributed by atoms with Gasteiger partial charge in [-0.2, -0.15) is 0 Å². The highest BCUT2D eigenvalue weighted by Crippen LogP contribution is 2.44. The average Bonchev–Trinajstić information content (AvgIpc) is 3.91. The van der Waals surface area contributed by atoms with E-state index in [1.807, 2.05) is 24.3 Å². The van der Waals surface area contributed by atoms with Gasteiger partial charge in [0.2, 0.25) is 0 Å². The first kappa shape index (κ1) is 34.9. The van der Waals surface area contributed by atoms with E-state index >= 15 is 0 Å². The minimum absolute atomic E-state index is 0.875. The SMILES string of the molecule is c1ccc(N(c2ccc(-c3ccc(-c4cccc5ccccc45)cc3)cc2)c2ccc(-c3cccc4c3oc3ccccc34)cc2)c(-c2ccc3c(c2)oc2ccccc23)c1. The third kappa shape index (κ3) is 5.98. The van der Waals surface area contributed by atoms with Gasteiger partial charge in [-0.15, -0.1) is 0 Å². The highest BCUT2D eigenvalue weighted by atomic mass is 16.3. The summed E-state index contributed by atoms with van der Waals surface area (Å²) in [4.78, 5) is 2.36. The average molecular weight is 780 g/mol. The molecule has 12 aromatic rings. The summed E-state index contributed by atoms with van der Waals surface area (Å²) in [5.41, 5.74) is 15.9. The van der Waals surface area contributed by atoms with E-state index < -0.39 is 0 Å². The van der Waals surface area contributed by atoms with E-state index in [-0.39, 0.29) is 0 Å². The van der Waals surface area contributed by atoms with Gasteiger partial charge in [0.25, 0.3) is 0 Å². The number of anilines is 3. The van der Waals surface area contributed by atoms with Crippen molar-refractivity contribution in [2.45, 2.75) is 0 Å². The number of benzene rings is 10. The van der Waals surface area contributed by atoms with E-state index in [4.69, 9.17) is 8.83 Å². The Morgan fingerprint density at radius 3 is 1.52 bits per heavy atom. The summed E-state index contributed by atoms with van der Waals surface area (Å²) in [7, 11) is 0. The van der Waals surface area contributed by atoms with Crippen LogP contribution in [0, 0.1) is 0 Å². The van der Waals surface area contributed by atoms with Gasteiger partial charge >= 0.3 is 0 Å². The molecular weight excluding hydrogens is 743 g/mol. The quantitative estimate of drug-likeness (QED) is 0.161. The molecule has 61 heavy (non-hydrogen) atoms. The Morgan fingerprint density at radius 1 is 0.279 bits per heavy atom. The first-order chi connectivity index (χ1) is 30.2. The fourth-order valence-corrected chi connectivity index (χ4v) is 9.12. The van der Waals surface area contributed by atoms with E-state index in [0.717, 1.165) is 88.8 Å². The maximum absolute atomic E-state index is 6.44. The van der Waals surface area contributed by atoms with Gasteiger partial charge in [0.15, 0.2) is 0 Å². The van der Waals surface area contributed by atoms with Crippen molar-refractivity contribution in [2.24, 2.45) is 0 Å². The van der Waals surface area contributed by atoms with Crippen LogP contribution in [0.5, 0.6) is 0 Å². The van der Waals surface area contributed by atoms with E-state index in [9.17, 15) is 0 Å². The predicted octanol–water partition coefficient (Wildman–Crippen LogP) is 16.8. The normalized spacial score (nSPS) is 11.6. The monoisotopic (exact) mass is 779 g/mol. The zero-order valence-electron chi connectivity index (χ0n) is 33.1. The van der Waals surface area contributed by atoms with Crippen molar-refractivity contribution in [3.63, 3.8) is 0 Å². The van der Waals surface area contributed by atoms with Crippen LogP contribution >= 0.6 is 0 Å². The number of nitrogens with zero attached hydrogens (tertiary/aromatic N) is 1. The molecule has 0 aliphatic carbocycles. The Balaban J connectivity index is 0.950. The van der Waals surface area contributed by atoms with Crippen LogP contribution in [0.3, 0.4) is 0 Å². The largest absolute Gasteiger partial charge is 0.456 e. The third-order valence-electron chi connectivity index (χ3n) is 12.1. The number of para-hydroxylation sites is 4. The molecule has 0 unspecified atom stereocenters. The number of hydrogen-bond donors (Lipinski definition) is 0. The summed E-state index contributed by atoms with van der Waals surface area (Å²) in [6.45, 7) is 0. The molecule has 286 valence electrons. The molecular formula is C58H37NO2. The fourth-order valence-electron chi connectivity index (χ4n) is 9.12. The smallest absolute Gasteiger partial charge is 0.143 e. The second kappa shape index (κ2) is 14.3. The number of furan rings is 2. The van der Waals surface area contributed by atoms with Gasteiger partial charge in [-0.25, -0.2) is 0 Å². The molecule has 0 amide bonds. The summed E-state index contributed by atoms with van der Waals surface area (Å²) < 4.78 is 12.8. The van der Waals surface area contributed by atoms with Crippen LogP contribution < -0.4 is 4.90 Å². The molecule has 0 N–H and O–H groups in total. The summed E-state index contributed by atoms with van der Waals surface area (Å²) in [5.74, 6) is 0. The lowest BCUT2D eigenvalue weighted by molar-refractivity contribution is 0.669. The van der Waals surface area contributed by atoms with Crippen molar-refractivity contribution in [1.29, 1.82) is 0 Å². The van der Waals surface area contributed by atoms with E-state index in [0.29, 0.717) is 0 Å². The minimum atomic E-state index is 0.875. The van der Waals surface area contributed by atoms with Gasteiger partial charge < -0.3 is 13.7 Å². The van der Waals surface area contributed by atoms with E-state index in [2.05, 4.69) is 205 Å². The molecule has 2 aromatic heterocycles. The van der Waals surface area contributed by atoms with Crippen molar-refractivity contribution in [3.05, 3.63) is 224 Å². The van der Waals surface area contributed by atoms with Crippen LogP contribution in [0.25, 0.3) is 99.2 Å². The maximum atomic E-state index is 6.44. The van der Waals surface area contributed by atoms with Gasteiger partial charge in [-0.1, -0.05) is 170 Å². The summed E-state index contributed by atoms with van der Waals surface area (Å²) in [6, 6.07) is 79.9. The molecule has 3 nitrogen and oxygen atoms in total. The number of fused-ring (bicyclic) bond motifs is 7. The Kier molecular flexibility index (Phi) is 8.17. The second-order valence-electron chi connectivity index (χ2n) is 15.6. The molecule has 10 aromatic carbocycles. The van der Waals surface area contributed by atoms with Crippen LogP contribution in [0.2, 0.25) is 0 Å². The topological polar surface area (TPSA) is 29.5 Å². The molecule has 0 bridgehead atoms. The highest BCUT2D eigenvalue weighted by molar-refractivity contribution is 6.10. The van der Waals surface area contributed by atoms with E-state index in [1.165, 1.54) is 27.5 Å². The molecule has 2 heterocycles. The van der Waals surface area contributed by atoms with Crippen LogP contribution in [0.15, 0.2) is 233 Å². The molecule has 3 heteroatoms. The van der Waals surface area contributed by atoms with Gasteiger partial charge in [0, 0.05) is 44.0 Å². The zero-order valence-corrected chi connectivity index (χ0v) is 33.1. The standard InChI is InChI=1S/C58H37NO2/c1-2-13-46-40(11-1)12-9-17-47(46)41-25-23-38(24-26-41)39-27-32-44(33-28-39)59(45-34-29-42(30-35-45)49-18-10-19-53-51-16-5-8-22-56(51)61-58(49)53)54-20-6-3-14-48(54)43-31-36-52-50-15-4-7-21-55(50)60-57(52)37-43/h1-37H. The second-order valence-corrected chi connectivity index (χ2v) is 15.6. The first-order valence-electron chi connectivity index (χ1n) is 20.7. The van der Waals surface area contributed by atoms with E-state index in [1.54, 1.807) is 0 Å². The van der Waals surface area contributed by atoms with Crippen molar-refractivity contribution < 1.29 is 8.83 Å². The Hall–Kier alpha value is -8.14. The molecule has 0 fully saturated rings.